The summed E-state index contributed by atoms with van der Waals surface area (Å²) in [5.41, 5.74) is 0. The summed E-state index contributed by atoms with van der Waals surface area (Å²) < 4.78 is 7.37. The first kappa shape index (κ1) is 14.3. The summed E-state index contributed by atoms with van der Waals surface area (Å²) in [7, 11) is 0. The molecule has 16 heavy (non-hydrogen) atoms. The van der Waals surface area contributed by atoms with E-state index >= 15 is 0 Å². The number of fused-ring (bicyclic) bond motifs is 1. The number of hydrogen-bond acceptors (Lipinski definition) is 0. The van der Waals surface area contributed by atoms with Gasteiger partial charge in [0.2, 0.25) is 0 Å². The van der Waals surface area contributed by atoms with Gasteiger partial charge < -0.3 is 0 Å². The first-order valence-corrected chi connectivity index (χ1v) is 29.1. The van der Waals surface area contributed by atoms with Crippen LogP contribution in [0.5, 0.6) is 0 Å². The van der Waals surface area contributed by atoms with Gasteiger partial charge in [0.25, 0.3) is 0 Å². The Kier molecular flexibility index (Phi) is 4.24. The Hall–Kier alpha value is 1.86. The molecule has 4 heteroatoms. The van der Waals surface area contributed by atoms with Crippen molar-refractivity contribution in [3.05, 3.63) is 12.1 Å². The molecule has 0 bridgehead atoms. The molecule has 0 atom stereocenters. The third-order valence-electron chi connectivity index (χ3n) is 2.69. The molecule has 2 rings (SSSR count). The summed E-state index contributed by atoms with van der Waals surface area (Å²) in [4.78, 5) is 15.4. The van der Waals surface area contributed by atoms with E-state index in [1.165, 1.54) is 0 Å². The molecule has 88 valence electrons. The molecule has 0 unspecified atom stereocenters. The van der Waals surface area contributed by atoms with Crippen molar-refractivity contribution >= 4 is 79.2 Å². The maximum atomic E-state index is 2.63. The molecule has 0 saturated heterocycles. The van der Waals surface area contributed by atoms with Crippen LogP contribution >= 0.6 is 0 Å². The summed E-state index contributed by atoms with van der Waals surface area (Å²) in [5.74, 6) is 0. The van der Waals surface area contributed by atoms with Crippen molar-refractivity contribution in [1.82, 2.24) is 0 Å². The summed E-state index contributed by atoms with van der Waals surface area (Å²) >= 11 is -2.01. The minimum atomic E-state index is -1.73. The average molecular weight is 560 g/mol. The normalized spacial score (nSPS) is 13.6. The zero-order chi connectivity index (χ0) is 12.1. The van der Waals surface area contributed by atoms with Gasteiger partial charge in [0, 0.05) is 0 Å². The van der Waals surface area contributed by atoms with Gasteiger partial charge in [-0.3, -0.25) is 0 Å². The van der Waals surface area contributed by atoms with E-state index in [4.69, 9.17) is 0 Å². The van der Waals surface area contributed by atoms with Crippen molar-refractivity contribution in [2.24, 2.45) is 0 Å². The predicted molar refractivity (Wildman–Crippen MR) is 83.8 cm³/mol. The summed E-state index contributed by atoms with van der Waals surface area (Å²) in [6.45, 7) is 0. The van der Waals surface area contributed by atoms with Gasteiger partial charge in [-0.25, -0.2) is 0 Å². The molecular formula is C12H20Se2Sn2. The molecule has 0 aromatic carbocycles. The minimum absolute atomic E-state index is 0.726. The van der Waals surface area contributed by atoms with E-state index in [0.29, 0.717) is 0 Å². The van der Waals surface area contributed by atoms with E-state index in [9.17, 15) is 0 Å². The maximum absolute atomic E-state index is 2.63. The molecule has 0 aliphatic rings. The molecule has 0 spiro atoms. The molecular weight excluding hydrogens is 539 g/mol. The van der Waals surface area contributed by atoms with Crippen molar-refractivity contribution in [2.75, 3.05) is 0 Å². The third kappa shape index (κ3) is 3.05. The molecule has 0 aliphatic carbocycles. The van der Waals surface area contributed by atoms with Gasteiger partial charge in [-0.05, 0) is 0 Å². The van der Waals surface area contributed by atoms with Gasteiger partial charge in [-0.1, -0.05) is 0 Å². The number of rotatable bonds is 2. The van der Waals surface area contributed by atoms with Crippen LogP contribution in [0.2, 0.25) is 29.6 Å². The molecule has 0 N–H and O–H groups in total. The van der Waals surface area contributed by atoms with Crippen LogP contribution in [0, 0.1) is 0 Å². The molecule has 2 aromatic rings. The second-order valence-electron chi connectivity index (χ2n) is 6.45. The van der Waals surface area contributed by atoms with Crippen LogP contribution in [0.1, 0.15) is 0 Å². The van der Waals surface area contributed by atoms with Crippen LogP contribution < -0.4 is 4.91 Å². The average Bonchev–Trinajstić information content (AvgIpc) is 2.53. The van der Waals surface area contributed by atoms with Gasteiger partial charge in [0.15, 0.2) is 0 Å². The molecule has 0 radical (unpaired) electrons. The standard InChI is InChI=1S/C6H2Se2.6CH3.2Sn/c1-3-7-6-2-4-8-5(1)6;;;;;;;;/h1-2H;6*1H3;;. The predicted octanol–water partition coefficient (Wildman–Crippen LogP) is 2.04. The number of hydrogen-bond donors (Lipinski definition) is 0. The van der Waals surface area contributed by atoms with Crippen LogP contribution in [0.4, 0.5) is 0 Å². The Morgan fingerprint density at radius 3 is 1.25 bits per heavy atom. The Morgan fingerprint density at radius 2 is 1.00 bits per heavy atom. The molecule has 0 saturated carbocycles. The van der Waals surface area contributed by atoms with Crippen molar-refractivity contribution in [2.45, 2.75) is 29.6 Å². The quantitative estimate of drug-likeness (QED) is 0.495. The molecule has 2 aromatic heterocycles. The van der Waals surface area contributed by atoms with Gasteiger partial charge in [0.1, 0.15) is 0 Å². The Labute approximate surface area is 119 Å². The van der Waals surface area contributed by atoms with Crippen LogP contribution in [0.25, 0.3) is 8.52 Å². The van der Waals surface area contributed by atoms with Crippen molar-refractivity contribution < 1.29 is 0 Å². The van der Waals surface area contributed by atoms with E-state index in [-0.39, 0.29) is 0 Å². The molecule has 0 fully saturated rings. The van der Waals surface area contributed by atoms with Gasteiger partial charge in [0.05, 0.1) is 0 Å². The van der Waals surface area contributed by atoms with Crippen LogP contribution in [0.3, 0.4) is 0 Å². The first-order chi connectivity index (χ1) is 7.18. The topological polar surface area (TPSA) is 0 Å². The van der Waals surface area contributed by atoms with Crippen LogP contribution in [0.15, 0.2) is 12.1 Å². The molecule has 2 heterocycles. The first-order valence-electron chi connectivity index (χ1n) is 5.72. The van der Waals surface area contributed by atoms with E-state index < -0.39 is 36.8 Å². The van der Waals surface area contributed by atoms with Gasteiger partial charge >= 0.3 is 121 Å². The third-order valence-corrected chi connectivity index (χ3v) is 36.6. The SMILES string of the molecule is [CH3][Sn]([CH3])([CH3])[c]1cc2[se][c]([Sn]([CH3])([CH3])[CH3])cc2[se]1. The Morgan fingerprint density at radius 1 is 0.688 bits per heavy atom. The molecule has 0 aliphatic heterocycles. The zero-order valence-corrected chi connectivity index (χ0v) is 20.1. The second-order valence-corrected chi connectivity index (χ2v) is 44.4. The summed E-state index contributed by atoms with van der Waals surface area (Å²) in [5, 5.41) is 0. The Balaban J connectivity index is 2.49. The van der Waals surface area contributed by atoms with Gasteiger partial charge in [-0.15, -0.1) is 0 Å². The van der Waals surface area contributed by atoms with Crippen molar-refractivity contribution in [1.29, 1.82) is 0 Å². The van der Waals surface area contributed by atoms with E-state index in [1.54, 1.807) is 8.52 Å². The molecule has 0 nitrogen and oxygen atoms in total. The fraction of sp³-hybridized carbons (Fsp3) is 0.500. The van der Waals surface area contributed by atoms with E-state index in [0.717, 1.165) is 29.0 Å². The fourth-order valence-electron chi connectivity index (χ4n) is 1.57. The van der Waals surface area contributed by atoms with Crippen molar-refractivity contribution in [3.8, 4) is 0 Å². The summed E-state index contributed by atoms with van der Waals surface area (Å²) in [6.07, 6.45) is 0. The zero-order valence-electron chi connectivity index (χ0n) is 11.0. The molecule has 0 amide bonds. The van der Waals surface area contributed by atoms with Crippen LogP contribution in [-0.4, -0.2) is 65.8 Å². The summed E-state index contributed by atoms with van der Waals surface area (Å²) in [6, 6.07) is 5.26. The Bertz CT molecular complexity index is 434. The fourth-order valence-corrected chi connectivity index (χ4v) is 24.6. The monoisotopic (exact) mass is 564 g/mol. The second kappa shape index (κ2) is 4.75. The van der Waals surface area contributed by atoms with E-state index in [2.05, 4.69) is 41.8 Å². The van der Waals surface area contributed by atoms with Crippen LogP contribution in [-0.2, 0) is 0 Å². The van der Waals surface area contributed by atoms with Crippen molar-refractivity contribution in [3.63, 3.8) is 0 Å². The van der Waals surface area contributed by atoms with E-state index in [1.807, 2.05) is 4.91 Å². The van der Waals surface area contributed by atoms with Gasteiger partial charge in [-0.2, -0.15) is 0 Å².